The fraction of sp³-hybridized carbons (Fsp3) is 0.750. The lowest BCUT2D eigenvalue weighted by atomic mass is 9.86. The number of rotatable bonds is 3. The van der Waals surface area contributed by atoms with Gasteiger partial charge in [-0.2, -0.15) is 0 Å². The summed E-state index contributed by atoms with van der Waals surface area (Å²) in [5, 5.41) is 0. The van der Waals surface area contributed by atoms with Crippen molar-refractivity contribution in [2.24, 2.45) is 17.8 Å². The lowest BCUT2D eigenvalue weighted by molar-refractivity contribution is 0.234. The summed E-state index contributed by atoms with van der Waals surface area (Å²) < 4.78 is 0. The number of hydrogen-bond acceptors (Lipinski definition) is 1. The van der Waals surface area contributed by atoms with E-state index in [1.165, 1.54) is 43.5 Å². The Kier molecular flexibility index (Phi) is 5.45. The van der Waals surface area contributed by atoms with Gasteiger partial charge in [0, 0.05) is 0 Å². The molecule has 0 radical (unpaired) electrons. The highest BCUT2D eigenvalue weighted by Crippen LogP contribution is 2.50. The van der Waals surface area contributed by atoms with Gasteiger partial charge in [-0.25, -0.2) is 0 Å². The average Bonchev–Trinajstić information content (AvgIpc) is 3.12. The van der Waals surface area contributed by atoms with Crippen LogP contribution in [0.3, 0.4) is 0 Å². The standard InChI is InChI=1S/C14H23N.C2H6/c1-10(2)13-9-14(13)11(3)12-5-7-15(4)8-6-12;1-2/h12-14H,1,3,5-9H2,2,4H3;1-2H3. The van der Waals surface area contributed by atoms with E-state index in [9.17, 15) is 0 Å². The van der Waals surface area contributed by atoms with E-state index in [1.54, 1.807) is 0 Å². The van der Waals surface area contributed by atoms with Crippen molar-refractivity contribution >= 4 is 0 Å². The molecule has 2 unspecified atom stereocenters. The van der Waals surface area contributed by atoms with Gasteiger partial charge in [0.05, 0.1) is 0 Å². The molecule has 17 heavy (non-hydrogen) atoms. The molecular weight excluding hydrogens is 206 g/mol. The first-order chi connectivity index (χ1) is 8.09. The van der Waals surface area contributed by atoms with E-state index < -0.39 is 0 Å². The van der Waals surface area contributed by atoms with Crippen molar-refractivity contribution in [2.45, 2.75) is 40.0 Å². The van der Waals surface area contributed by atoms with Crippen molar-refractivity contribution in [1.82, 2.24) is 4.90 Å². The molecule has 98 valence electrons. The number of allylic oxidation sites excluding steroid dienone is 2. The van der Waals surface area contributed by atoms with Gasteiger partial charge < -0.3 is 4.90 Å². The maximum atomic E-state index is 4.34. The first-order valence-corrected chi connectivity index (χ1v) is 7.12. The second-order valence-corrected chi connectivity index (χ2v) is 5.45. The second-order valence-electron chi connectivity index (χ2n) is 5.45. The molecule has 1 heteroatoms. The zero-order chi connectivity index (χ0) is 13.0. The zero-order valence-electron chi connectivity index (χ0n) is 12.1. The van der Waals surface area contributed by atoms with E-state index in [0.717, 1.165) is 17.8 Å². The molecular formula is C16H29N. The Bertz CT molecular complexity index is 271. The third-order valence-electron chi connectivity index (χ3n) is 4.14. The summed E-state index contributed by atoms with van der Waals surface area (Å²) in [5.74, 6) is 2.32. The number of hydrogen-bond donors (Lipinski definition) is 0. The van der Waals surface area contributed by atoms with E-state index in [2.05, 4.69) is 32.0 Å². The summed E-state index contributed by atoms with van der Waals surface area (Å²) in [5.41, 5.74) is 2.88. The molecule has 0 aromatic carbocycles. The van der Waals surface area contributed by atoms with Crippen LogP contribution in [-0.2, 0) is 0 Å². The highest BCUT2D eigenvalue weighted by molar-refractivity contribution is 5.23. The number of likely N-dealkylation sites (tertiary alicyclic amines) is 1. The predicted molar refractivity (Wildman–Crippen MR) is 77.1 cm³/mol. The SMILES string of the molecule is C=C(C)C1CC1C(=C)C1CCN(C)CC1.CC. The molecule has 0 aromatic rings. The van der Waals surface area contributed by atoms with Gasteiger partial charge in [-0.1, -0.05) is 38.2 Å². The van der Waals surface area contributed by atoms with Crippen LogP contribution in [0, 0.1) is 17.8 Å². The van der Waals surface area contributed by atoms with Gasteiger partial charge in [0.25, 0.3) is 0 Å². The van der Waals surface area contributed by atoms with Gasteiger partial charge in [-0.05, 0) is 64.1 Å². The van der Waals surface area contributed by atoms with Crippen molar-refractivity contribution < 1.29 is 0 Å². The van der Waals surface area contributed by atoms with Crippen molar-refractivity contribution in [2.75, 3.05) is 20.1 Å². The molecule has 2 aliphatic rings. The van der Waals surface area contributed by atoms with Crippen LogP contribution >= 0.6 is 0 Å². The molecule has 1 heterocycles. The first-order valence-electron chi connectivity index (χ1n) is 7.12. The lowest BCUT2D eigenvalue weighted by Gasteiger charge is -2.30. The molecule has 1 aliphatic carbocycles. The first kappa shape index (κ1) is 14.5. The minimum absolute atomic E-state index is 0.761. The molecule has 2 atom stereocenters. The van der Waals surface area contributed by atoms with Crippen molar-refractivity contribution in [3.8, 4) is 0 Å². The monoisotopic (exact) mass is 235 g/mol. The molecule has 1 nitrogen and oxygen atoms in total. The quantitative estimate of drug-likeness (QED) is 0.665. The fourth-order valence-electron chi connectivity index (χ4n) is 2.83. The predicted octanol–water partition coefficient (Wildman–Crippen LogP) is 4.12. The smallest absolute Gasteiger partial charge is 0.00161 e. The molecule has 0 aromatic heterocycles. The Morgan fingerprint density at radius 3 is 2.00 bits per heavy atom. The van der Waals surface area contributed by atoms with E-state index in [4.69, 9.17) is 0 Å². The summed E-state index contributed by atoms with van der Waals surface area (Å²) in [4.78, 5) is 2.42. The Morgan fingerprint density at radius 2 is 1.59 bits per heavy atom. The summed E-state index contributed by atoms with van der Waals surface area (Å²) in [6.07, 6.45) is 3.95. The van der Waals surface area contributed by atoms with Gasteiger partial charge in [-0.3, -0.25) is 0 Å². The topological polar surface area (TPSA) is 3.24 Å². The maximum Gasteiger partial charge on any atom is -0.00161 e. The lowest BCUT2D eigenvalue weighted by Crippen LogP contribution is -2.31. The largest absolute Gasteiger partial charge is 0.306 e. The van der Waals surface area contributed by atoms with Crippen molar-refractivity contribution in [3.63, 3.8) is 0 Å². The van der Waals surface area contributed by atoms with Gasteiger partial charge in [0.15, 0.2) is 0 Å². The normalized spacial score (nSPS) is 29.2. The fourth-order valence-corrected chi connectivity index (χ4v) is 2.83. The minimum atomic E-state index is 0.761. The van der Waals surface area contributed by atoms with Crippen LogP contribution in [0.4, 0.5) is 0 Å². The van der Waals surface area contributed by atoms with E-state index in [1.807, 2.05) is 13.8 Å². The molecule has 2 rings (SSSR count). The van der Waals surface area contributed by atoms with Crippen LogP contribution in [0.15, 0.2) is 24.3 Å². The molecule has 1 saturated heterocycles. The van der Waals surface area contributed by atoms with Crippen molar-refractivity contribution in [1.29, 1.82) is 0 Å². The Labute approximate surface area is 108 Å². The molecule has 1 aliphatic heterocycles. The Hall–Kier alpha value is -0.560. The van der Waals surface area contributed by atoms with Crippen LogP contribution in [0.25, 0.3) is 0 Å². The molecule has 0 spiro atoms. The average molecular weight is 235 g/mol. The van der Waals surface area contributed by atoms with Gasteiger partial charge in [0.1, 0.15) is 0 Å². The summed E-state index contributed by atoms with van der Waals surface area (Å²) in [6, 6.07) is 0. The van der Waals surface area contributed by atoms with E-state index in [0.29, 0.717) is 0 Å². The molecule has 1 saturated carbocycles. The van der Waals surface area contributed by atoms with Gasteiger partial charge in [0.2, 0.25) is 0 Å². The minimum Gasteiger partial charge on any atom is -0.306 e. The third-order valence-corrected chi connectivity index (χ3v) is 4.14. The third kappa shape index (κ3) is 3.70. The second kappa shape index (κ2) is 6.39. The van der Waals surface area contributed by atoms with Crippen LogP contribution in [-0.4, -0.2) is 25.0 Å². The molecule has 0 amide bonds. The van der Waals surface area contributed by atoms with E-state index >= 15 is 0 Å². The summed E-state index contributed by atoms with van der Waals surface area (Å²) >= 11 is 0. The molecule has 0 bridgehead atoms. The molecule has 0 N–H and O–H groups in total. The van der Waals surface area contributed by atoms with Crippen LogP contribution in [0.1, 0.15) is 40.0 Å². The zero-order valence-corrected chi connectivity index (χ0v) is 12.1. The van der Waals surface area contributed by atoms with E-state index in [-0.39, 0.29) is 0 Å². The van der Waals surface area contributed by atoms with Gasteiger partial charge >= 0.3 is 0 Å². The van der Waals surface area contributed by atoms with Gasteiger partial charge in [-0.15, -0.1) is 0 Å². The van der Waals surface area contributed by atoms with Crippen LogP contribution < -0.4 is 0 Å². The highest BCUT2D eigenvalue weighted by Gasteiger charge is 2.41. The number of piperidine rings is 1. The summed E-state index contributed by atoms with van der Waals surface area (Å²) in [6.45, 7) is 17.0. The number of nitrogens with zero attached hydrogens (tertiary/aromatic N) is 1. The van der Waals surface area contributed by atoms with Crippen LogP contribution in [0.2, 0.25) is 0 Å². The highest BCUT2D eigenvalue weighted by atomic mass is 15.1. The maximum absolute atomic E-state index is 4.34. The Balaban J connectivity index is 0.000000686. The molecule has 2 fully saturated rings. The van der Waals surface area contributed by atoms with Crippen molar-refractivity contribution in [3.05, 3.63) is 24.3 Å². The summed E-state index contributed by atoms with van der Waals surface area (Å²) in [7, 11) is 2.22. The Morgan fingerprint density at radius 1 is 1.06 bits per heavy atom. The van der Waals surface area contributed by atoms with Crippen LogP contribution in [0.5, 0.6) is 0 Å².